The molecule has 0 spiro atoms. The Kier molecular flexibility index (Phi) is 7.40. The molecule has 1 aromatic rings. The van der Waals surface area contributed by atoms with E-state index in [0.29, 0.717) is 0 Å². The van der Waals surface area contributed by atoms with Crippen LogP contribution in [-0.2, 0) is 9.53 Å². The molecule has 0 radical (unpaired) electrons. The number of carbonyl (C=O) groups is 1. The second-order valence-electron chi connectivity index (χ2n) is 5.50. The van der Waals surface area contributed by atoms with Crippen LogP contribution in [0.15, 0.2) is 18.2 Å². The average Bonchev–Trinajstić information content (AvgIpc) is 2.45. The lowest BCUT2D eigenvalue weighted by atomic mass is 9.94. The Morgan fingerprint density at radius 1 is 1.38 bits per heavy atom. The predicted molar refractivity (Wildman–Crippen MR) is 84.2 cm³/mol. The van der Waals surface area contributed by atoms with Gasteiger partial charge < -0.3 is 15.2 Å². The number of ether oxygens (including phenoxy) is 1. The number of benzene rings is 1. The quantitative estimate of drug-likeness (QED) is 0.571. The van der Waals surface area contributed by atoms with Crippen molar-refractivity contribution in [1.29, 1.82) is 0 Å². The maximum Gasteiger partial charge on any atom is 0.307 e. The number of aliphatic hydroxyl groups excluding tert-OH is 1. The van der Waals surface area contributed by atoms with Crippen molar-refractivity contribution in [3.05, 3.63) is 34.9 Å². The highest BCUT2D eigenvalue weighted by atomic mass is 16.5. The van der Waals surface area contributed by atoms with Gasteiger partial charge in [-0.25, -0.2) is 0 Å². The third-order valence-electron chi connectivity index (χ3n) is 3.68. The van der Waals surface area contributed by atoms with Crippen LogP contribution in [0.5, 0.6) is 0 Å². The van der Waals surface area contributed by atoms with E-state index in [0.717, 1.165) is 36.1 Å². The lowest BCUT2D eigenvalue weighted by Gasteiger charge is -2.25. The molecule has 1 rings (SSSR count). The van der Waals surface area contributed by atoms with Crippen LogP contribution in [0, 0.1) is 13.8 Å². The highest BCUT2D eigenvalue weighted by Crippen LogP contribution is 2.23. The monoisotopic (exact) mass is 293 g/mol. The molecular formula is C17H27NO3. The summed E-state index contributed by atoms with van der Waals surface area (Å²) in [6, 6.07) is 5.62. The summed E-state index contributed by atoms with van der Waals surface area (Å²) < 4.78 is 4.73. The van der Waals surface area contributed by atoms with Crippen molar-refractivity contribution in [1.82, 2.24) is 5.32 Å². The number of hydrogen-bond donors (Lipinski definition) is 2. The third kappa shape index (κ3) is 5.48. The normalized spacial score (nSPS) is 13.8. The fraction of sp³-hybridized carbons (Fsp3) is 0.588. The molecule has 0 aliphatic rings. The van der Waals surface area contributed by atoms with Gasteiger partial charge in [0, 0.05) is 6.04 Å². The summed E-state index contributed by atoms with van der Waals surface area (Å²) in [5.41, 5.74) is 3.06. The molecule has 0 aliphatic heterocycles. The molecule has 2 N–H and O–H groups in total. The van der Waals surface area contributed by atoms with Crippen LogP contribution < -0.4 is 5.32 Å². The Morgan fingerprint density at radius 2 is 2.10 bits per heavy atom. The van der Waals surface area contributed by atoms with E-state index in [2.05, 4.69) is 12.2 Å². The summed E-state index contributed by atoms with van der Waals surface area (Å²) >= 11 is 0. The molecule has 1 aromatic carbocycles. The lowest BCUT2D eigenvalue weighted by molar-refractivity contribution is -0.142. The number of unbranched alkanes of at least 4 members (excludes halogenated alkanes) is 1. The molecule has 21 heavy (non-hydrogen) atoms. The Balaban J connectivity index is 2.86. The Labute approximate surface area is 127 Å². The van der Waals surface area contributed by atoms with E-state index in [9.17, 15) is 9.90 Å². The SMILES string of the molecule is CCCCNC(CC(=O)OC)C(O)c1ccc(C)cc1C. The molecule has 0 aliphatic carbocycles. The van der Waals surface area contributed by atoms with Gasteiger partial charge in [0.1, 0.15) is 0 Å². The van der Waals surface area contributed by atoms with Crippen LogP contribution >= 0.6 is 0 Å². The van der Waals surface area contributed by atoms with E-state index in [-0.39, 0.29) is 18.4 Å². The number of aryl methyl sites for hydroxylation is 2. The number of aliphatic hydroxyl groups is 1. The number of carbonyl (C=O) groups excluding carboxylic acids is 1. The highest BCUT2D eigenvalue weighted by Gasteiger charge is 2.24. The zero-order valence-corrected chi connectivity index (χ0v) is 13.5. The van der Waals surface area contributed by atoms with Crippen LogP contribution in [0.3, 0.4) is 0 Å². The average molecular weight is 293 g/mol. The van der Waals surface area contributed by atoms with Crippen molar-refractivity contribution in [2.75, 3.05) is 13.7 Å². The van der Waals surface area contributed by atoms with Gasteiger partial charge in [0.2, 0.25) is 0 Å². The largest absolute Gasteiger partial charge is 0.469 e. The second kappa shape index (κ2) is 8.80. The summed E-state index contributed by atoms with van der Waals surface area (Å²) in [6.07, 6.45) is 1.52. The smallest absolute Gasteiger partial charge is 0.307 e. The third-order valence-corrected chi connectivity index (χ3v) is 3.68. The number of rotatable bonds is 8. The van der Waals surface area contributed by atoms with E-state index >= 15 is 0 Å². The van der Waals surface area contributed by atoms with Gasteiger partial charge in [0.05, 0.1) is 19.6 Å². The van der Waals surface area contributed by atoms with Crippen molar-refractivity contribution < 1.29 is 14.6 Å². The number of hydrogen-bond acceptors (Lipinski definition) is 4. The first-order valence-electron chi connectivity index (χ1n) is 7.55. The van der Waals surface area contributed by atoms with Crippen LogP contribution in [0.1, 0.15) is 49.0 Å². The summed E-state index contributed by atoms with van der Waals surface area (Å²) in [6.45, 7) is 6.89. The maximum absolute atomic E-state index is 11.6. The zero-order chi connectivity index (χ0) is 15.8. The number of methoxy groups -OCH3 is 1. The van der Waals surface area contributed by atoms with Crippen LogP contribution in [0.4, 0.5) is 0 Å². The Bertz CT molecular complexity index is 459. The van der Waals surface area contributed by atoms with Gasteiger partial charge >= 0.3 is 5.97 Å². The van der Waals surface area contributed by atoms with E-state index in [1.165, 1.54) is 7.11 Å². The number of esters is 1. The van der Waals surface area contributed by atoms with Crippen molar-refractivity contribution >= 4 is 5.97 Å². The molecule has 0 amide bonds. The second-order valence-corrected chi connectivity index (χ2v) is 5.50. The van der Waals surface area contributed by atoms with E-state index in [1.54, 1.807) is 0 Å². The maximum atomic E-state index is 11.6. The summed E-state index contributed by atoms with van der Waals surface area (Å²) in [7, 11) is 1.37. The summed E-state index contributed by atoms with van der Waals surface area (Å²) in [5, 5.41) is 13.9. The highest BCUT2D eigenvalue weighted by molar-refractivity contribution is 5.70. The van der Waals surface area contributed by atoms with Crippen LogP contribution in [0.2, 0.25) is 0 Å². The lowest BCUT2D eigenvalue weighted by Crippen LogP contribution is -2.38. The minimum Gasteiger partial charge on any atom is -0.469 e. The molecule has 0 fully saturated rings. The van der Waals surface area contributed by atoms with Gasteiger partial charge in [0.15, 0.2) is 0 Å². The van der Waals surface area contributed by atoms with Crippen molar-refractivity contribution in [2.24, 2.45) is 0 Å². The summed E-state index contributed by atoms with van der Waals surface area (Å²) in [5.74, 6) is -0.312. The molecule has 4 nitrogen and oxygen atoms in total. The van der Waals surface area contributed by atoms with Gasteiger partial charge in [-0.3, -0.25) is 4.79 Å². The predicted octanol–water partition coefficient (Wildman–Crippen LogP) is 2.66. The Hall–Kier alpha value is -1.39. The molecule has 118 valence electrons. The van der Waals surface area contributed by atoms with Gasteiger partial charge in [-0.2, -0.15) is 0 Å². The fourth-order valence-electron chi connectivity index (χ4n) is 2.40. The summed E-state index contributed by atoms with van der Waals surface area (Å²) in [4.78, 5) is 11.6. The minimum absolute atomic E-state index is 0.161. The zero-order valence-electron chi connectivity index (χ0n) is 13.5. The molecule has 0 saturated carbocycles. The number of nitrogens with one attached hydrogen (secondary N) is 1. The minimum atomic E-state index is -0.721. The van der Waals surface area contributed by atoms with Crippen LogP contribution in [0.25, 0.3) is 0 Å². The first-order chi connectivity index (χ1) is 9.99. The molecule has 4 heteroatoms. The van der Waals surface area contributed by atoms with Crippen molar-refractivity contribution in [3.8, 4) is 0 Å². The Morgan fingerprint density at radius 3 is 2.67 bits per heavy atom. The first-order valence-corrected chi connectivity index (χ1v) is 7.55. The molecule has 0 heterocycles. The van der Waals surface area contributed by atoms with Crippen LogP contribution in [-0.4, -0.2) is 30.8 Å². The molecule has 0 saturated heterocycles. The van der Waals surface area contributed by atoms with Gasteiger partial charge in [-0.05, 0) is 37.9 Å². The molecule has 0 bridgehead atoms. The fourth-order valence-corrected chi connectivity index (χ4v) is 2.40. The van der Waals surface area contributed by atoms with E-state index < -0.39 is 6.10 Å². The standard InChI is InChI=1S/C17H27NO3/c1-5-6-9-18-15(11-16(19)21-4)17(20)14-8-7-12(2)10-13(14)3/h7-8,10,15,17-18,20H,5-6,9,11H2,1-4H3. The molecule has 0 aromatic heterocycles. The van der Waals surface area contributed by atoms with Crippen molar-refractivity contribution in [3.63, 3.8) is 0 Å². The topological polar surface area (TPSA) is 58.6 Å². The van der Waals surface area contributed by atoms with E-state index in [1.807, 2.05) is 32.0 Å². The first kappa shape index (κ1) is 17.7. The van der Waals surface area contributed by atoms with Gasteiger partial charge in [-0.15, -0.1) is 0 Å². The molecular weight excluding hydrogens is 266 g/mol. The molecule has 2 unspecified atom stereocenters. The van der Waals surface area contributed by atoms with Gasteiger partial charge in [0.25, 0.3) is 0 Å². The van der Waals surface area contributed by atoms with Gasteiger partial charge in [-0.1, -0.05) is 37.1 Å². The molecule has 2 atom stereocenters. The van der Waals surface area contributed by atoms with E-state index in [4.69, 9.17) is 4.74 Å². The van der Waals surface area contributed by atoms with Crippen molar-refractivity contribution in [2.45, 2.75) is 52.2 Å².